The molecule has 112 valence electrons. The lowest BCUT2D eigenvalue weighted by molar-refractivity contribution is 0.217. The molecule has 0 amide bonds. The van der Waals surface area contributed by atoms with E-state index in [1.165, 1.54) is 27.8 Å². The van der Waals surface area contributed by atoms with Crippen molar-refractivity contribution in [2.45, 2.75) is 40.7 Å². The number of benzene rings is 2. The van der Waals surface area contributed by atoms with Crippen molar-refractivity contribution in [2.75, 3.05) is 0 Å². The van der Waals surface area contributed by atoms with Crippen LogP contribution in [-0.2, 0) is 0 Å². The fourth-order valence-corrected chi connectivity index (χ4v) is 3.63. The van der Waals surface area contributed by atoms with Crippen LogP contribution in [0.5, 0.6) is 0 Å². The van der Waals surface area contributed by atoms with Crippen molar-refractivity contribution in [3.05, 3.63) is 65.7 Å². The van der Waals surface area contributed by atoms with Gasteiger partial charge in [0.2, 0.25) is 0 Å². The number of hydrogen-bond donors (Lipinski definition) is 1. The summed E-state index contributed by atoms with van der Waals surface area (Å²) in [6.07, 6.45) is -0.645. The molecule has 0 aromatic heterocycles. The Bertz CT molecular complexity index is 678. The highest BCUT2D eigenvalue weighted by molar-refractivity contribution is 14.1. The van der Waals surface area contributed by atoms with Crippen molar-refractivity contribution in [3.63, 3.8) is 0 Å². The van der Waals surface area contributed by atoms with E-state index in [9.17, 15) is 5.11 Å². The van der Waals surface area contributed by atoms with Gasteiger partial charge in [0, 0.05) is 8.59 Å². The zero-order valence-electron chi connectivity index (χ0n) is 13.0. The van der Waals surface area contributed by atoms with Gasteiger partial charge in [-0.05, 0) is 114 Å². The van der Waals surface area contributed by atoms with Crippen LogP contribution in [0.1, 0.15) is 45.0 Å². The fourth-order valence-electron chi connectivity index (χ4n) is 2.82. The van der Waals surface area contributed by atoms with Crippen LogP contribution >= 0.6 is 34.2 Å². The lowest BCUT2D eigenvalue weighted by Gasteiger charge is -2.23. The van der Waals surface area contributed by atoms with Gasteiger partial charge < -0.3 is 5.11 Å². The quantitative estimate of drug-likeness (QED) is 0.637. The average Bonchev–Trinajstić information content (AvgIpc) is 2.45. The van der Waals surface area contributed by atoms with Gasteiger partial charge >= 0.3 is 0 Å². The van der Waals surface area contributed by atoms with Crippen LogP contribution in [0.25, 0.3) is 0 Å². The van der Waals surface area contributed by atoms with E-state index >= 15 is 0 Å². The molecule has 0 saturated carbocycles. The average molecular weight is 415 g/mol. The van der Waals surface area contributed by atoms with E-state index in [0.717, 1.165) is 14.7 Å². The molecule has 0 spiro atoms. The molecule has 0 aliphatic carbocycles. The van der Waals surface area contributed by atoms with Crippen molar-refractivity contribution in [1.29, 1.82) is 0 Å². The Morgan fingerprint density at radius 1 is 0.905 bits per heavy atom. The predicted octanol–water partition coefficient (Wildman–Crippen LogP) is 5.57. The molecule has 1 unspecified atom stereocenters. The number of aliphatic hydroxyl groups excluding tert-OH is 1. The summed E-state index contributed by atoms with van der Waals surface area (Å²) in [7, 11) is 0. The second-order valence-corrected chi connectivity index (χ2v) is 7.21. The monoisotopic (exact) mass is 414 g/mol. The molecule has 0 heterocycles. The number of aliphatic hydroxyl groups is 1. The van der Waals surface area contributed by atoms with Gasteiger partial charge in [0.25, 0.3) is 0 Å². The van der Waals surface area contributed by atoms with Crippen LogP contribution < -0.4 is 0 Å². The topological polar surface area (TPSA) is 20.2 Å². The molecule has 0 radical (unpaired) electrons. The van der Waals surface area contributed by atoms with E-state index in [1.54, 1.807) is 0 Å². The van der Waals surface area contributed by atoms with Gasteiger partial charge in [0.1, 0.15) is 6.10 Å². The van der Waals surface area contributed by atoms with Gasteiger partial charge in [-0.1, -0.05) is 11.6 Å². The van der Waals surface area contributed by atoms with E-state index in [0.29, 0.717) is 5.02 Å². The Balaban J connectivity index is 2.69. The standard InChI is InChI=1S/C18H20ClIO/c1-9-10(2)12(4)17(13(5)11(9)3)18(21)15-8-14(19)6-7-16(15)20/h6-8,18,21H,1-5H3. The van der Waals surface area contributed by atoms with Gasteiger partial charge in [0.05, 0.1) is 0 Å². The third kappa shape index (κ3) is 2.99. The minimum absolute atomic E-state index is 0.645. The maximum Gasteiger partial charge on any atom is 0.106 e. The highest BCUT2D eigenvalue weighted by Crippen LogP contribution is 2.35. The predicted molar refractivity (Wildman–Crippen MR) is 98.4 cm³/mol. The Hall–Kier alpha value is -0.580. The molecule has 0 aliphatic rings. The number of rotatable bonds is 2. The first-order valence-electron chi connectivity index (χ1n) is 6.95. The van der Waals surface area contributed by atoms with Crippen LogP contribution in [0.4, 0.5) is 0 Å². The Kier molecular flexibility index (Phi) is 5.01. The number of halogens is 2. The van der Waals surface area contributed by atoms with Crippen LogP contribution in [0.3, 0.4) is 0 Å². The van der Waals surface area contributed by atoms with Crippen molar-refractivity contribution < 1.29 is 5.11 Å². The summed E-state index contributed by atoms with van der Waals surface area (Å²) in [5.41, 5.74) is 8.03. The molecule has 2 aromatic carbocycles. The van der Waals surface area contributed by atoms with E-state index in [-0.39, 0.29) is 0 Å². The first-order chi connectivity index (χ1) is 9.75. The van der Waals surface area contributed by atoms with E-state index in [4.69, 9.17) is 11.6 Å². The van der Waals surface area contributed by atoms with Gasteiger partial charge in [-0.25, -0.2) is 0 Å². The lowest BCUT2D eigenvalue weighted by Crippen LogP contribution is -2.10. The molecule has 1 N–H and O–H groups in total. The van der Waals surface area contributed by atoms with Gasteiger partial charge in [0.15, 0.2) is 0 Å². The third-order valence-corrected chi connectivity index (χ3v) is 5.80. The van der Waals surface area contributed by atoms with E-state index in [2.05, 4.69) is 57.2 Å². The van der Waals surface area contributed by atoms with Crippen LogP contribution in [0.15, 0.2) is 18.2 Å². The summed E-state index contributed by atoms with van der Waals surface area (Å²) in [5, 5.41) is 11.6. The van der Waals surface area contributed by atoms with Crippen molar-refractivity contribution in [1.82, 2.24) is 0 Å². The summed E-state index contributed by atoms with van der Waals surface area (Å²) in [4.78, 5) is 0. The third-order valence-electron chi connectivity index (χ3n) is 4.58. The molecular formula is C18H20ClIO. The highest BCUT2D eigenvalue weighted by atomic mass is 127. The SMILES string of the molecule is Cc1c(C)c(C)c(C(O)c2cc(Cl)ccc2I)c(C)c1C. The summed E-state index contributed by atoms with van der Waals surface area (Å²) in [5.74, 6) is 0. The smallest absolute Gasteiger partial charge is 0.106 e. The first kappa shape index (κ1) is 16.8. The minimum atomic E-state index is -0.645. The van der Waals surface area contributed by atoms with Gasteiger partial charge in [-0.15, -0.1) is 0 Å². The summed E-state index contributed by atoms with van der Waals surface area (Å²) < 4.78 is 1.03. The van der Waals surface area contributed by atoms with Crippen molar-refractivity contribution in [3.8, 4) is 0 Å². The Morgan fingerprint density at radius 2 is 1.38 bits per heavy atom. The molecular weight excluding hydrogens is 395 g/mol. The molecule has 1 atom stereocenters. The summed E-state index contributed by atoms with van der Waals surface area (Å²) in [6, 6.07) is 5.66. The molecule has 0 bridgehead atoms. The van der Waals surface area contributed by atoms with Crippen molar-refractivity contribution in [2.24, 2.45) is 0 Å². The Morgan fingerprint density at radius 3 is 1.90 bits per heavy atom. The van der Waals surface area contributed by atoms with Crippen LogP contribution in [0.2, 0.25) is 5.02 Å². The van der Waals surface area contributed by atoms with Crippen LogP contribution in [0, 0.1) is 38.2 Å². The lowest BCUT2D eigenvalue weighted by atomic mass is 9.85. The maximum absolute atomic E-state index is 10.9. The molecule has 0 fully saturated rings. The summed E-state index contributed by atoms with van der Waals surface area (Å²) >= 11 is 8.35. The Labute approximate surface area is 145 Å². The van der Waals surface area contributed by atoms with Crippen LogP contribution in [-0.4, -0.2) is 5.11 Å². The molecule has 0 saturated heterocycles. The minimum Gasteiger partial charge on any atom is -0.384 e. The molecule has 2 rings (SSSR count). The largest absolute Gasteiger partial charge is 0.384 e. The molecule has 2 aromatic rings. The van der Waals surface area contributed by atoms with Gasteiger partial charge in [-0.3, -0.25) is 0 Å². The summed E-state index contributed by atoms with van der Waals surface area (Å²) in [6.45, 7) is 10.6. The highest BCUT2D eigenvalue weighted by Gasteiger charge is 2.21. The second kappa shape index (κ2) is 6.27. The molecule has 1 nitrogen and oxygen atoms in total. The fraction of sp³-hybridized carbons (Fsp3) is 0.333. The number of hydrogen-bond acceptors (Lipinski definition) is 1. The molecule has 21 heavy (non-hydrogen) atoms. The second-order valence-electron chi connectivity index (χ2n) is 5.61. The van der Waals surface area contributed by atoms with Crippen molar-refractivity contribution >= 4 is 34.2 Å². The normalized spacial score (nSPS) is 12.6. The van der Waals surface area contributed by atoms with Gasteiger partial charge in [-0.2, -0.15) is 0 Å². The molecule has 3 heteroatoms. The van der Waals surface area contributed by atoms with E-state index in [1.807, 2.05) is 18.2 Å². The molecule has 0 aliphatic heterocycles. The maximum atomic E-state index is 10.9. The van der Waals surface area contributed by atoms with E-state index < -0.39 is 6.10 Å². The first-order valence-corrected chi connectivity index (χ1v) is 8.41. The zero-order chi connectivity index (χ0) is 15.9. The zero-order valence-corrected chi connectivity index (χ0v) is 15.9.